The van der Waals surface area contributed by atoms with Crippen LogP contribution < -0.4 is 0 Å². The number of nitrogens with zero attached hydrogens (tertiary/aromatic N) is 1. The smallest absolute Gasteiger partial charge is 0.337 e. The van der Waals surface area contributed by atoms with Crippen molar-refractivity contribution >= 4 is 5.97 Å². The van der Waals surface area contributed by atoms with Crippen molar-refractivity contribution in [2.75, 3.05) is 0 Å². The molecule has 0 aromatic carbocycles. The third-order valence-electron chi connectivity index (χ3n) is 1.28. The van der Waals surface area contributed by atoms with Crippen LogP contribution in [0.4, 0.5) is 8.78 Å². The van der Waals surface area contributed by atoms with E-state index in [1.807, 2.05) is 0 Å². The molecule has 1 aromatic heterocycles. The third-order valence-corrected chi connectivity index (χ3v) is 1.28. The van der Waals surface area contributed by atoms with Gasteiger partial charge in [-0.1, -0.05) is 0 Å². The standard InChI is InChI=1S/C7H5F2NO2/c8-6(9)5-4(7(11)12)2-1-3-10-5/h1-3,6H,(H,11,12). The van der Waals surface area contributed by atoms with Gasteiger partial charge in [-0.15, -0.1) is 0 Å². The van der Waals surface area contributed by atoms with Gasteiger partial charge < -0.3 is 5.11 Å². The first-order valence-corrected chi connectivity index (χ1v) is 3.09. The summed E-state index contributed by atoms with van der Waals surface area (Å²) in [5, 5.41) is 8.44. The zero-order chi connectivity index (χ0) is 9.14. The lowest BCUT2D eigenvalue weighted by Crippen LogP contribution is -2.04. The molecule has 0 aliphatic rings. The maximum atomic E-state index is 12.1. The fourth-order valence-electron chi connectivity index (χ4n) is 0.772. The van der Waals surface area contributed by atoms with Crippen molar-refractivity contribution in [2.45, 2.75) is 6.43 Å². The topological polar surface area (TPSA) is 50.2 Å². The van der Waals surface area contributed by atoms with E-state index in [2.05, 4.69) is 4.98 Å². The van der Waals surface area contributed by atoms with Crippen molar-refractivity contribution < 1.29 is 18.7 Å². The van der Waals surface area contributed by atoms with Crippen molar-refractivity contribution in [3.8, 4) is 0 Å². The summed E-state index contributed by atoms with van der Waals surface area (Å²) in [7, 11) is 0. The number of hydrogen-bond donors (Lipinski definition) is 1. The Bertz CT molecular complexity index is 301. The molecule has 0 unspecified atom stereocenters. The number of pyridine rings is 1. The lowest BCUT2D eigenvalue weighted by Gasteiger charge is -2.01. The van der Waals surface area contributed by atoms with E-state index < -0.39 is 23.7 Å². The summed E-state index contributed by atoms with van der Waals surface area (Å²) in [6.45, 7) is 0. The van der Waals surface area contributed by atoms with E-state index in [4.69, 9.17) is 5.11 Å². The van der Waals surface area contributed by atoms with E-state index >= 15 is 0 Å². The van der Waals surface area contributed by atoms with Gasteiger partial charge in [-0.3, -0.25) is 4.98 Å². The van der Waals surface area contributed by atoms with Gasteiger partial charge in [0.1, 0.15) is 5.69 Å². The van der Waals surface area contributed by atoms with Crippen molar-refractivity contribution in [3.05, 3.63) is 29.6 Å². The van der Waals surface area contributed by atoms with E-state index in [0.29, 0.717) is 0 Å². The first kappa shape index (κ1) is 8.58. The van der Waals surface area contributed by atoms with Crippen LogP contribution in [0.15, 0.2) is 18.3 Å². The van der Waals surface area contributed by atoms with Crippen LogP contribution in [0.5, 0.6) is 0 Å². The van der Waals surface area contributed by atoms with Crippen LogP contribution in [0.1, 0.15) is 22.5 Å². The highest BCUT2D eigenvalue weighted by Gasteiger charge is 2.17. The molecule has 0 bridgehead atoms. The van der Waals surface area contributed by atoms with Gasteiger partial charge in [0, 0.05) is 6.20 Å². The molecule has 0 spiro atoms. The second-order valence-corrected chi connectivity index (χ2v) is 2.04. The predicted molar refractivity (Wildman–Crippen MR) is 36.2 cm³/mol. The summed E-state index contributed by atoms with van der Waals surface area (Å²) in [5.41, 5.74) is -1.14. The molecule has 1 heterocycles. The molecule has 0 saturated heterocycles. The van der Waals surface area contributed by atoms with Crippen LogP contribution in [0.2, 0.25) is 0 Å². The summed E-state index contributed by atoms with van der Waals surface area (Å²) in [6.07, 6.45) is -1.72. The molecule has 64 valence electrons. The Morgan fingerprint density at radius 1 is 1.58 bits per heavy atom. The van der Waals surface area contributed by atoms with Gasteiger partial charge in [0.2, 0.25) is 0 Å². The summed E-state index contributed by atoms with van der Waals surface area (Å²) in [4.78, 5) is 13.6. The minimum Gasteiger partial charge on any atom is -0.478 e. The van der Waals surface area contributed by atoms with Crippen molar-refractivity contribution in [1.29, 1.82) is 0 Å². The minimum atomic E-state index is -2.85. The van der Waals surface area contributed by atoms with E-state index in [9.17, 15) is 13.6 Å². The highest BCUT2D eigenvalue weighted by atomic mass is 19.3. The summed E-state index contributed by atoms with van der Waals surface area (Å²) in [6, 6.07) is 2.40. The summed E-state index contributed by atoms with van der Waals surface area (Å²) in [5.74, 6) is -1.39. The normalized spacial score (nSPS) is 10.2. The Morgan fingerprint density at radius 2 is 2.25 bits per heavy atom. The molecule has 3 nitrogen and oxygen atoms in total. The van der Waals surface area contributed by atoms with Crippen LogP contribution >= 0.6 is 0 Å². The first-order chi connectivity index (χ1) is 5.63. The van der Waals surface area contributed by atoms with Gasteiger partial charge in [-0.2, -0.15) is 0 Å². The van der Waals surface area contributed by atoms with Gasteiger partial charge >= 0.3 is 5.97 Å². The molecule has 0 radical (unpaired) electrons. The quantitative estimate of drug-likeness (QED) is 0.740. The number of aromatic carboxylic acids is 1. The molecule has 0 aliphatic carbocycles. The molecule has 0 saturated carbocycles. The molecular weight excluding hydrogens is 168 g/mol. The number of carboxylic acids is 1. The second-order valence-electron chi connectivity index (χ2n) is 2.04. The van der Waals surface area contributed by atoms with E-state index in [-0.39, 0.29) is 0 Å². The molecule has 0 amide bonds. The van der Waals surface area contributed by atoms with Crippen LogP contribution in [-0.4, -0.2) is 16.1 Å². The third kappa shape index (κ3) is 1.55. The maximum absolute atomic E-state index is 12.1. The number of rotatable bonds is 2. The number of hydrogen-bond acceptors (Lipinski definition) is 2. The van der Waals surface area contributed by atoms with Crippen molar-refractivity contribution in [2.24, 2.45) is 0 Å². The highest BCUT2D eigenvalue weighted by molar-refractivity contribution is 5.88. The Hall–Kier alpha value is -1.52. The highest BCUT2D eigenvalue weighted by Crippen LogP contribution is 2.19. The van der Waals surface area contributed by atoms with Gasteiger partial charge in [0.05, 0.1) is 5.56 Å². The van der Waals surface area contributed by atoms with Crippen LogP contribution in [0, 0.1) is 0 Å². The molecule has 1 aromatic rings. The van der Waals surface area contributed by atoms with Crippen molar-refractivity contribution in [1.82, 2.24) is 4.98 Å². The molecule has 0 fully saturated rings. The lowest BCUT2D eigenvalue weighted by atomic mass is 10.2. The number of aromatic nitrogens is 1. The van der Waals surface area contributed by atoms with Gasteiger partial charge in [-0.25, -0.2) is 13.6 Å². The van der Waals surface area contributed by atoms with Crippen molar-refractivity contribution in [3.63, 3.8) is 0 Å². The lowest BCUT2D eigenvalue weighted by molar-refractivity contribution is 0.0682. The summed E-state index contributed by atoms with van der Waals surface area (Å²) >= 11 is 0. The molecular formula is C7H5F2NO2. The van der Waals surface area contributed by atoms with Gasteiger partial charge in [0.25, 0.3) is 6.43 Å². The molecule has 1 N–H and O–H groups in total. The Balaban J connectivity index is 3.17. The number of carboxylic acid groups (broad SMARTS) is 1. The van der Waals surface area contributed by atoms with Crippen LogP contribution in [0.25, 0.3) is 0 Å². The van der Waals surface area contributed by atoms with E-state index in [1.165, 1.54) is 6.07 Å². The number of halogens is 2. The van der Waals surface area contributed by atoms with E-state index in [0.717, 1.165) is 12.3 Å². The first-order valence-electron chi connectivity index (χ1n) is 3.09. The maximum Gasteiger partial charge on any atom is 0.337 e. The van der Waals surface area contributed by atoms with E-state index in [1.54, 1.807) is 0 Å². The summed E-state index contributed by atoms with van der Waals surface area (Å²) < 4.78 is 24.1. The Labute approximate surface area is 66.7 Å². The number of alkyl halides is 2. The average molecular weight is 173 g/mol. The second kappa shape index (κ2) is 3.25. The van der Waals surface area contributed by atoms with Gasteiger partial charge in [-0.05, 0) is 12.1 Å². The molecule has 1 rings (SSSR count). The Kier molecular flexibility index (Phi) is 2.32. The largest absolute Gasteiger partial charge is 0.478 e. The van der Waals surface area contributed by atoms with Crippen LogP contribution in [-0.2, 0) is 0 Å². The fraction of sp³-hybridized carbons (Fsp3) is 0.143. The molecule has 0 atom stereocenters. The zero-order valence-electron chi connectivity index (χ0n) is 5.87. The average Bonchev–Trinajstić information content (AvgIpc) is 2.04. The van der Waals surface area contributed by atoms with Gasteiger partial charge in [0.15, 0.2) is 0 Å². The SMILES string of the molecule is O=C(O)c1cccnc1C(F)F. The van der Waals surface area contributed by atoms with Crippen LogP contribution in [0.3, 0.4) is 0 Å². The molecule has 0 aliphatic heterocycles. The molecule has 12 heavy (non-hydrogen) atoms. The minimum absolute atomic E-state index is 0.451. The Morgan fingerprint density at radius 3 is 2.67 bits per heavy atom. The predicted octanol–water partition coefficient (Wildman–Crippen LogP) is 1.72. The monoisotopic (exact) mass is 173 g/mol. The number of carbonyl (C=O) groups is 1. The zero-order valence-corrected chi connectivity index (χ0v) is 5.87. The fourth-order valence-corrected chi connectivity index (χ4v) is 0.772. The molecule has 5 heteroatoms.